The summed E-state index contributed by atoms with van der Waals surface area (Å²) < 4.78 is 0. The van der Waals surface area contributed by atoms with Crippen LogP contribution in [-0.4, -0.2) is 9.97 Å². The first-order valence-corrected chi connectivity index (χ1v) is 7.43. The van der Waals surface area contributed by atoms with Crippen molar-refractivity contribution in [3.05, 3.63) is 59.4 Å². The van der Waals surface area contributed by atoms with Crippen molar-refractivity contribution in [2.75, 3.05) is 5.32 Å². The summed E-state index contributed by atoms with van der Waals surface area (Å²) in [6.45, 7) is 2.17. The minimum absolute atomic E-state index is 0.254. The number of nitrogens with one attached hydrogen (secondary N) is 1. The maximum atomic E-state index is 6.03. The predicted octanol–water partition coefficient (Wildman–Crippen LogP) is 4.98. The van der Waals surface area contributed by atoms with E-state index in [1.807, 2.05) is 30.3 Å². The van der Waals surface area contributed by atoms with E-state index in [0.29, 0.717) is 0 Å². The van der Waals surface area contributed by atoms with E-state index in [1.165, 1.54) is 5.56 Å². The lowest BCUT2D eigenvalue weighted by molar-refractivity contribution is 0.923. The molecule has 1 heterocycles. The summed E-state index contributed by atoms with van der Waals surface area (Å²) in [4.78, 5) is 8.59. The number of halogens is 1. The zero-order valence-electron chi connectivity index (χ0n) is 11.8. The number of fused-ring (bicyclic) bond motifs is 1. The van der Waals surface area contributed by atoms with E-state index in [2.05, 4.69) is 40.4 Å². The van der Waals surface area contributed by atoms with E-state index in [4.69, 9.17) is 11.6 Å². The van der Waals surface area contributed by atoms with Crippen LogP contribution in [0.15, 0.2) is 48.5 Å². The van der Waals surface area contributed by atoms with Crippen molar-refractivity contribution in [1.82, 2.24) is 9.97 Å². The maximum absolute atomic E-state index is 6.03. The molecular weight excluding hydrogens is 282 g/mol. The molecule has 106 valence electrons. The number of para-hydroxylation sites is 2. The van der Waals surface area contributed by atoms with Gasteiger partial charge in [-0.1, -0.05) is 43.7 Å². The van der Waals surface area contributed by atoms with E-state index in [0.717, 1.165) is 35.2 Å². The Morgan fingerprint density at radius 3 is 2.62 bits per heavy atom. The second-order valence-corrected chi connectivity index (χ2v) is 5.23. The molecule has 3 nitrogen and oxygen atoms in total. The highest BCUT2D eigenvalue weighted by Gasteiger charge is 2.08. The van der Waals surface area contributed by atoms with Gasteiger partial charge in [0.25, 0.3) is 0 Å². The monoisotopic (exact) mass is 297 g/mol. The Labute approximate surface area is 129 Å². The number of nitrogens with zero attached hydrogens (tertiary/aromatic N) is 2. The highest BCUT2D eigenvalue weighted by molar-refractivity contribution is 6.28. The fourth-order valence-electron chi connectivity index (χ4n) is 2.40. The normalized spacial score (nSPS) is 10.8. The molecule has 0 aliphatic heterocycles. The third-order valence-corrected chi connectivity index (χ3v) is 3.53. The van der Waals surface area contributed by atoms with E-state index in [9.17, 15) is 0 Å². The van der Waals surface area contributed by atoms with E-state index < -0.39 is 0 Å². The van der Waals surface area contributed by atoms with Crippen molar-refractivity contribution in [2.24, 2.45) is 0 Å². The van der Waals surface area contributed by atoms with Gasteiger partial charge in [0.05, 0.1) is 5.52 Å². The first-order chi connectivity index (χ1) is 10.3. The van der Waals surface area contributed by atoms with Gasteiger partial charge in [-0.3, -0.25) is 0 Å². The van der Waals surface area contributed by atoms with Crippen LogP contribution in [0, 0.1) is 0 Å². The molecule has 0 aliphatic carbocycles. The predicted molar refractivity (Wildman–Crippen MR) is 88.3 cm³/mol. The minimum Gasteiger partial charge on any atom is -0.339 e. The van der Waals surface area contributed by atoms with Crippen LogP contribution >= 0.6 is 11.6 Å². The Morgan fingerprint density at radius 2 is 1.76 bits per heavy atom. The Hall–Kier alpha value is -2.13. The zero-order chi connectivity index (χ0) is 14.7. The minimum atomic E-state index is 0.254. The number of rotatable bonds is 4. The summed E-state index contributed by atoms with van der Waals surface area (Å²) in [5.41, 5.74) is 3.19. The van der Waals surface area contributed by atoms with Crippen LogP contribution in [-0.2, 0) is 6.42 Å². The zero-order valence-corrected chi connectivity index (χ0v) is 12.6. The number of aryl methyl sites for hydroxylation is 1. The molecule has 0 unspecified atom stereocenters. The van der Waals surface area contributed by atoms with Gasteiger partial charge in [0.2, 0.25) is 5.28 Å². The molecule has 4 heteroatoms. The van der Waals surface area contributed by atoms with E-state index in [1.54, 1.807) is 0 Å². The molecule has 1 aromatic heterocycles. The molecule has 0 bridgehead atoms. The molecule has 0 atom stereocenters. The Morgan fingerprint density at radius 1 is 1.00 bits per heavy atom. The second kappa shape index (κ2) is 6.10. The van der Waals surface area contributed by atoms with Crippen LogP contribution < -0.4 is 5.32 Å². The number of hydrogen-bond donors (Lipinski definition) is 1. The third kappa shape index (κ3) is 2.98. The summed E-state index contributed by atoms with van der Waals surface area (Å²) in [6, 6.07) is 16.1. The Bertz CT molecular complexity index is 771. The number of hydrogen-bond acceptors (Lipinski definition) is 3. The van der Waals surface area contributed by atoms with Crippen LogP contribution in [0.2, 0.25) is 5.28 Å². The summed E-state index contributed by atoms with van der Waals surface area (Å²) >= 11 is 6.03. The van der Waals surface area contributed by atoms with Gasteiger partial charge in [0, 0.05) is 11.1 Å². The molecule has 3 rings (SSSR count). The van der Waals surface area contributed by atoms with Crippen molar-refractivity contribution in [3.63, 3.8) is 0 Å². The number of aromatic nitrogens is 2. The smallest absolute Gasteiger partial charge is 0.224 e. The van der Waals surface area contributed by atoms with Crippen molar-refractivity contribution >= 4 is 34.0 Å². The van der Waals surface area contributed by atoms with Crippen molar-refractivity contribution in [3.8, 4) is 0 Å². The molecule has 0 spiro atoms. The van der Waals surface area contributed by atoms with Gasteiger partial charge < -0.3 is 5.32 Å². The lowest BCUT2D eigenvalue weighted by Crippen LogP contribution is -2.00. The van der Waals surface area contributed by atoms with Crippen LogP contribution in [0.4, 0.5) is 11.5 Å². The van der Waals surface area contributed by atoms with Gasteiger partial charge in [0.1, 0.15) is 5.82 Å². The first-order valence-electron chi connectivity index (χ1n) is 7.05. The average molecular weight is 298 g/mol. The van der Waals surface area contributed by atoms with E-state index >= 15 is 0 Å². The standard InChI is InChI=1S/C17H16ClN3/c1-2-7-12-8-3-5-10-14(12)19-16-13-9-4-6-11-15(13)20-17(18)21-16/h3-6,8-11H,2,7H2,1H3,(H,19,20,21). The molecule has 0 amide bonds. The van der Waals surface area contributed by atoms with Crippen LogP contribution in [0.25, 0.3) is 10.9 Å². The van der Waals surface area contributed by atoms with E-state index in [-0.39, 0.29) is 5.28 Å². The second-order valence-electron chi connectivity index (χ2n) is 4.89. The van der Waals surface area contributed by atoms with Crippen LogP contribution in [0.1, 0.15) is 18.9 Å². The van der Waals surface area contributed by atoms with Crippen molar-refractivity contribution in [2.45, 2.75) is 19.8 Å². The molecule has 0 radical (unpaired) electrons. The quantitative estimate of drug-likeness (QED) is 0.690. The number of benzene rings is 2. The highest BCUT2D eigenvalue weighted by atomic mass is 35.5. The maximum Gasteiger partial charge on any atom is 0.224 e. The molecule has 0 fully saturated rings. The molecule has 2 aromatic carbocycles. The molecule has 0 saturated carbocycles. The summed E-state index contributed by atoms with van der Waals surface area (Å²) in [7, 11) is 0. The molecule has 21 heavy (non-hydrogen) atoms. The Balaban J connectivity index is 2.06. The van der Waals surface area contributed by atoms with Crippen LogP contribution in [0.5, 0.6) is 0 Å². The van der Waals surface area contributed by atoms with Crippen molar-refractivity contribution < 1.29 is 0 Å². The van der Waals surface area contributed by atoms with Gasteiger partial charge in [-0.05, 0) is 41.8 Å². The van der Waals surface area contributed by atoms with Crippen molar-refractivity contribution in [1.29, 1.82) is 0 Å². The van der Waals surface area contributed by atoms with Gasteiger partial charge >= 0.3 is 0 Å². The topological polar surface area (TPSA) is 37.8 Å². The summed E-state index contributed by atoms with van der Waals surface area (Å²) in [5.74, 6) is 0.745. The lowest BCUT2D eigenvalue weighted by Gasteiger charge is -2.12. The Kier molecular flexibility index (Phi) is 4.02. The lowest BCUT2D eigenvalue weighted by atomic mass is 10.1. The molecular formula is C17H16ClN3. The molecule has 3 aromatic rings. The first kappa shape index (κ1) is 13.8. The third-order valence-electron chi connectivity index (χ3n) is 3.37. The van der Waals surface area contributed by atoms with Crippen LogP contribution in [0.3, 0.4) is 0 Å². The number of anilines is 2. The van der Waals surface area contributed by atoms with Gasteiger partial charge in [-0.2, -0.15) is 4.98 Å². The highest BCUT2D eigenvalue weighted by Crippen LogP contribution is 2.27. The summed E-state index contributed by atoms with van der Waals surface area (Å²) in [5, 5.41) is 4.63. The van der Waals surface area contributed by atoms with Gasteiger partial charge in [0.15, 0.2) is 0 Å². The molecule has 0 saturated heterocycles. The fourth-order valence-corrected chi connectivity index (χ4v) is 2.58. The largest absolute Gasteiger partial charge is 0.339 e. The fraction of sp³-hybridized carbons (Fsp3) is 0.176. The molecule has 1 N–H and O–H groups in total. The summed E-state index contributed by atoms with van der Waals surface area (Å²) in [6.07, 6.45) is 2.13. The SMILES string of the molecule is CCCc1ccccc1Nc1nc(Cl)nc2ccccc12. The van der Waals surface area contributed by atoms with Gasteiger partial charge in [-0.15, -0.1) is 0 Å². The average Bonchev–Trinajstić information content (AvgIpc) is 2.49. The van der Waals surface area contributed by atoms with Gasteiger partial charge in [-0.25, -0.2) is 4.98 Å². The molecule has 0 aliphatic rings.